The summed E-state index contributed by atoms with van der Waals surface area (Å²) in [4.78, 5) is 0. The minimum atomic E-state index is -1.58. The molecule has 0 aromatic rings. The minimum Gasteiger partial charge on any atom is -0.394 e. The van der Waals surface area contributed by atoms with E-state index < -0.39 is 74.4 Å². The molecule has 0 aliphatic carbocycles. The third-order valence-electron chi connectivity index (χ3n) is 6.41. The van der Waals surface area contributed by atoms with E-state index in [1.54, 1.807) is 6.08 Å². The van der Waals surface area contributed by atoms with E-state index in [1.165, 1.54) is 0 Å². The van der Waals surface area contributed by atoms with Crippen LogP contribution in [0, 0.1) is 0 Å². The fraction of sp³-hybridized carbons (Fsp3) is 0.571. The molecule has 0 bridgehead atoms. The maximum atomic E-state index is 10.7. The Kier molecular flexibility index (Phi) is 13.9. The van der Waals surface area contributed by atoms with Gasteiger partial charge in [0.1, 0.15) is 54.9 Å². The minimum absolute atomic E-state index is 0.0785. The maximum absolute atomic E-state index is 10.7. The van der Waals surface area contributed by atoms with Crippen molar-refractivity contribution < 1.29 is 54.7 Å². The van der Waals surface area contributed by atoms with Crippen LogP contribution >= 0.6 is 0 Å². The maximum Gasteiger partial charge on any atom is 0.187 e. The van der Waals surface area contributed by atoms with Crippen molar-refractivity contribution in [2.45, 2.75) is 75.1 Å². The first-order chi connectivity index (χ1) is 18.5. The molecule has 0 aromatic heterocycles. The Bertz CT molecular complexity index is 907. The Morgan fingerprint density at radius 3 is 2.05 bits per heavy atom. The van der Waals surface area contributed by atoms with Gasteiger partial charge in [-0.05, 0) is 25.0 Å². The smallest absolute Gasteiger partial charge is 0.187 e. The van der Waals surface area contributed by atoms with Gasteiger partial charge < -0.3 is 54.7 Å². The van der Waals surface area contributed by atoms with Crippen molar-refractivity contribution >= 4 is 0 Å². The summed E-state index contributed by atoms with van der Waals surface area (Å²) < 4.78 is 22.3. The summed E-state index contributed by atoms with van der Waals surface area (Å²) in [5.41, 5.74) is 2.62. The lowest BCUT2D eigenvalue weighted by Crippen LogP contribution is -2.62. The van der Waals surface area contributed by atoms with E-state index in [-0.39, 0.29) is 13.2 Å². The number of ether oxygens (including phenoxy) is 4. The summed E-state index contributed by atoms with van der Waals surface area (Å²) in [6, 6.07) is 0. The van der Waals surface area contributed by atoms with Crippen LogP contribution in [0.2, 0.25) is 0 Å². The van der Waals surface area contributed by atoms with Gasteiger partial charge in [0.25, 0.3) is 0 Å². The molecule has 0 spiro atoms. The average Bonchev–Trinajstić information content (AvgIpc) is 2.92. The van der Waals surface area contributed by atoms with Gasteiger partial charge in [-0.25, -0.2) is 0 Å². The Labute approximate surface area is 228 Å². The number of aliphatic hydroxyl groups is 7. The van der Waals surface area contributed by atoms with Gasteiger partial charge >= 0.3 is 0 Å². The van der Waals surface area contributed by atoms with Crippen molar-refractivity contribution in [3.05, 3.63) is 72.4 Å². The highest BCUT2D eigenvalue weighted by molar-refractivity contribution is 5.31. The second kappa shape index (κ2) is 16.3. The zero-order valence-corrected chi connectivity index (χ0v) is 22.3. The van der Waals surface area contributed by atoms with E-state index in [1.807, 2.05) is 50.3 Å². The fourth-order valence-electron chi connectivity index (χ4n) is 3.99. The topological polar surface area (TPSA) is 179 Å². The van der Waals surface area contributed by atoms with E-state index in [0.717, 1.165) is 16.7 Å². The summed E-state index contributed by atoms with van der Waals surface area (Å²) in [5, 5.41) is 70.4. The van der Waals surface area contributed by atoms with Gasteiger partial charge in [0.05, 0.1) is 26.4 Å². The molecule has 0 amide bonds. The van der Waals surface area contributed by atoms with Crippen LogP contribution in [0.5, 0.6) is 0 Å². The molecule has 2 fully saturated rings. The Morgan fingerprint density at radius 2 is 1.41 bits per heavy atom. The molecule has 7 N–H and O–H groups in total. The number of aliphatic hydroxyl groups excluding tert-OH is 7. The van der Waals surface area contributed by atoms with Gasteiger partial charge in [0, 0.05) is 0 Å². The first-order valence-electron chi connectivity index (χ1n) is 12.7. The predicted octanol–water partition coefficient (Wildman–Crippen LogP) is -0.583. The standard InChI is InChI=1S/C28H42O11/c1-5-16(2)8-6-9-17(3)10-7-11-18(4)14-37-28-26(35)25(34)27(20(13-30)39-28)36-15-21-23(32)24(33)22(31)19(12-29)38-21/h5-11,19-35H,1-2,12-15H2,3-4H3/b8-6+,10-7+,17-9+,18-11+/t19-,20-,21?,22-,23+,24+,25-,26-,27-,28?/m1/s1. The molecule has 11 nitrogen and oxygen atoms in total. The van der Waals surface area contributed by atoms with Crippen molar-refractivity contribution in [1.82, 2.24) is 0 Å². The third kappa shape index (κ3) is 9.55. The van der Waals surface area contributed by atoms with Crippen molar-refractivity contribution in [2.24, 2.45) is 0 Å². The van der Waals surface area contributed by atoms with Crippen LogP contribution < -0.4 is 0 Å². The van der Waals surface area contributed by atoms with Crippen LogP contribution in [0.15, 0.2) is 72.4 Å². The Hall–Kier alpha value is -2.00. The van der Waals surface area contributed by atoms with Gasteiger partial charge in [-0.15, -0.1) is 0 Å². The lowest BCUT2D eigenvalue weighted by Gasteiger charge is -2.44. The summed E-state index contributed by atoms with van der Waals surface area (Å²) in [7, 11) is 0. The lowest BCUT2D eigenvalue weighted by molar-refractivity contribution is -0.312. The highest BCUT2D eigenvalue weighted by atomic mass is 16.7. The monoisotopic (exact) mass is 554 g/mol. The van der Waals surface area contributed by atoms with E-state index in [0.29, 0.717) is 0 Å². The van der Waals surface area contributed by atoms with Crippen molar-refractivity contribution in [3.63, 3.8) is 0 Å². The van der Waals surface area contributed by atoms with E-state index >= 15 is 0 Å². The summed E-state index contributed by atoms with van der Waals surface area (Å²) in [6.45, 7) is 9.73. The van der Waals surface area contributed by atoms with Crippen LogP contribution in [-0.4, -0.2) is 123 Å². The molecular formula is C28H42O11. The molecule has 2 saturated heterocycles. The molecule has 0 saturated carbocycles. The molecule has 2 unspecified atom stereocenters. The number of rotatable bonds is 13. The van der Waals surface area contributed by atoms with Gasteiger partial charge in [0.2, 0.25) is 0 Å². The second-order valence-corrected chi connectivity index (χ2v) is 9.60. The molecule has 39 heavy (non-hydrogen) atoms. The highest BCUT2D eigenvalue weighted by Crippen LogP contribution is 2.27. The van der Waals surface area contributed by atoms with Gasteiger partial charge in [0.15, 0.2) is 6.29 Å². The summed E-state index contributed by atoms with van der Waals surface area (Å²) >= 11 is 0. The van der Waals surface area contributed by atoms with Crippen LogP contribution in [0.4, 0.5) is 0 Å². The number of hydrogen-bond acceptors (Lipinski definition) is 11. The van der Waals surface area contributed by atoms with E-state index in [4.69, 9.17) is 18.9 Å². The normalized spacial score (nSPS) is 36.5. The second-order valence-electron chi connectivity index (χ2n) is 9.60. The molecule has 2 aliphatic heterocycles. The highest BCUT2D eigenvalue weighted by Gasteiger charge is 2.48. The quantitative estimate of drug-likeness (QED) is 0.145. The zero-order valence-electron chi connectivity index (χ0n) is 22.3. The van der Waals surface area contributed by atoms with Gasteiger partial charge in [-0.1, -0.05) is 61.3 Å². The Morgan fingerprint density at radius 1 is 0.769 bits per heavy atom. The predicted molar refractivity (Wildman–Crippen MR) is 142 cm³/mol. The molecule has 2 heterocycles. The van der Waals surface area contributed by atoms with Crippen LogP contribution in [0.25, 0.3) is 0 Å². The van der Waals surface area contributed by atoms with Crippen LogP contribution in [0.1, 0.15) is 13.8 Å². The molecule has 0 radical (unpaired) electrons. The lowest BCUT2D eigenvalue weighted by atomic mass is 9.95. The largest absolute Gasteiger partial charge is 0.394 e. The molecule has 2 rings (SSSR count). The van der Waals surface area contributed by atoms with Gasteiger partial charge in [-0.3, -0.25) is 0 Å². The van der Waals surface area contributed by atoms with E-state index in [9.17, 15) is 35.7 Å². The molecule has 220 valence electrons. The first kappa shape index (κ1) is 33.2. The summed E-state index contributed by atoms with van der Waals surface area (Å²) in [5.74, 6) is 0. The molecule has 10 atom stereocenters. The molecule has 2 aliphatic rings. The third-order valence-corrected chi connectivity index (χ3v) is 6.41. The summed E-state index contributed by atoms with van der Waals surface area (Å²) in [6.07, 6.45) is -0.634. The van der Waals surface area contributed by atoms with Gasteiger partial charge in [-0.2, -0.15) is 0 Å². The average molecular weight is 555 g/mol. The fourth-order valence-corrected chi connectivity index (χ4v) is 3.99. The molecular weight excluding hydrogens is 512 g/mol. The molecule has 0 aromatic carbocycles. The number of hydrogen-bond donors (Lipinski definition) is 7. The Balaban J connectivity index is 1.92. The van der Waals surface area contributed by atoms with Crippen LogP contribution in [-0.2, 0) is 18.9 Å². The van der Waals surface area contributed by atoms with E-state index in [2.05, 4.69) is 13.2 Å². The van der Waals surface area contributed by atoms with Crippen molar-refractivity contribution in [1.29, 1.82) is 0 Å². The number of allylic oxidation sites excluding steroid dienone is 9. The van der Waals surface area contributed by atoms with Crippen molar-refractivity contribution in [3.8, 4) is 0 Å². The van der Waals surface area contributed by atoms with Crippen molar-refractivity contribution in [2.75, 3.05) is 26.4 Å². The van der Waals surface area contributed by atoms with Crippen LogP contribution in [0.3, 0.4) is 0 Å². The first-order valence-corrected chi connectivity index (χ1v) is 12.7. The SMILES string of the molecule is C=CC(=C)/C=C/C=C(C)/C=C/C=C(\C)COC1O[C@H](CO)[C@@H](OCC2O[C@H](CO)[C@@H](O)[C@H](O)[C@H]2O)[C@H](O)[C@H]1O. The molecule has 11 heteroatoms. The zero-order chi connectivity index (χ0) is 29.1.